The third kappa shape index (κ3) is 6.86. The number of rotatable bonds is 6. The predicted octanol–water partition coefficient (Wildman–Crippen LogP) is 2.29. The molecule has 0 N–H and O–H groups in total. The van der Waals surface area contributed by atoms with Crippen LogP contribution in [0, 0.1) is 0 Å². The number of hydrogen-bond donors (Lipinski definition) is 0. The van der Waals surface area contributed by atoms with Crippen LogP contribution in [0.2, 0.25) is 0 Å². The first-order chi connectivity index (χ1) is 6.24. The molecule has 4 heteroatoms. The van der Waals surface area contributed by atoms with Crippen molar-refractivity contribution in [1.82, 2.24) is 0 Å². The number of alkyl halides is 1. The molecule has 0 bridgehead atoms. The van der Waals surface area contributed by atoms with E-state index >= 15 is 0 Å². The molecule has 76 valence electrons. The number of carbonyl (C=O) groups excluding carboxylic acids is 1. The van der Waals surface area contributed by atoms with E-state index in [1.807, 2.05) is 6.92 Å². The van der Waals surface area contributed by atoms with Crippen molar-refractivity contribution in [3.63, 3.8) is 0 Å². The van der Waals surface area contributed by atoms with Gasteiger partial charge in [0.1, 0.15) is 6.10 Å². The number of hydrogen-bond acceptors (Lipinski definition) is 3. The summed E-state index contributed by atoms with van der Waals surface area (Å²) in [6.45, 7) is 4.21. The molecule has 0 aliphatic carbocycles. The molecule has 0 spiro atoms. The summed E-state index contributed by atoms with van der Waals surface area (Å²) >= 11 is 2.25. The molecule has 0 fully saturated rings. The van der Waals surface area contributed by atoms with Gasteiger partial charge in [-0.05, 0) is 13.3 Å². The Hall–Kier alpha value is -0.260. The van der Waals surface area contributed by atoms with Gasteiger partial charge in [0.25, 0.3) is 0 Å². The highest BCUT2D eigenvalue weighted by atomic mass is 127. The normalized spacial score (nSPS) is 12.8. The molecular weight excluding hydrogens is 283 g/mol. The van der Waals surface area contributed by atoms with Gasteiger partial charge in [0.2, 0.25) is 0 Å². The van der Waals surface area contributed by atoms with Gasteiger partial charge in [0, 0.05) is 4.43 Å². The van der Waals surface area contributed by atoms with Crippen LogP contribution in [-0.4, -0.2) is 23.1 Å². The molecule has 0 aromatic carbocycles. The third-order valence-electron chi connectivity index (χ3n) is 1.39. The van der Waals surface area contributed by atoms with E-state index in [0.717, 1.165) is 10.8 Å². The Morgan fingerprint density at radius 3 is 2.69 bits per heavy atom. The second kappa shape index (κ2) is 8.34. The first-order valence-electron chi connectivity index (χ1n) is 4.29. The van der Waals surface area contributed by atoms with Gasteiger partial charge in [-0.15, -0.1) is 0 Å². The molecule has 0 aromatic heterocycles. The lowest BCUT2D eigenvalue weighted by atomic mass is 10.3. The van der Waals surface area contributed by atoms with Crippen molar-refractivity contribution in [2.45, 2.75) is 26.4 Å². The smallest absolute Gasteiger partial charge is 0.333 e. The summed E-state index contributed by atoms with van der Waals surface area (Å²) in [4.78, 5) is 10.8. The average molecular weight is 298 g/mol. The SMILES string of the molecule is CCOC(=O)/C=C/OC(CC)CI. The highest BCUT2D eigenvalue weighted by molar-refractivity contribution is 14.1. The zero-order chi connectivity index (χ0) is 10.1. The van der Waals surface area contributed by atoms with Crippen molar-refractivity contribution >= 4 is 28.6 Å². The lowest BCUT2D eigenvalue weighted by Crippen LogP contribution is -2.09. The van der Waals surface area contributed by atoms with Crippen LogP contribution in [-0.2, 0) is 14.3 Å². The molecule has 3 nitrogen and oxygen atoms in total. The van der Waals surface area contributed by atoms with Gasteiger partial charge in [0.15, 0.2) is 0 Å². The van der Waals surface area contributed by atoms with Gasteiger partial charge < -0.3 is 9.47 Å². The van der Waals surface area contributed by atoms with Gasteiger partial charge in [-0.3, -0.25) is 0 Å². The summed E-state index contributed by atoms with van der Waals surface area (Å²) in [5.74, 6) is -0.356. The molecule has 0 saturated heterocycles. The molecule has 0 aliphatic heterocycles. The number of halogens is 1. The fourth-order valence-electron chi connectivity index (χ4n) is 0.638. The molecule has 13 heavy (non-hydrogen) atoms. The molecule has 0 saturated carbocycles. The monoisotopic (exact) mass is 298 g/mol. The van der Waals surface area contributed by atoms with Crippen molar-refractivity contribution in [1.29, 1.82) is 0 Å². The molecule has 0 aromatic rings. The lowest BCUT2D eigenvalue weighted by Gasteiger charge is -2.09. The zero-order valence-corrected chi connectivity index (χ0v) is 10.1. The number of carbonyl (C=O) groups is 1. The first kappa shape index (κ1) is 12.7. The van der Waals surface area contributed by atoms with E-state index in [0.29, 0.717) is 6.61 Å². The molecule has 1 unspecified atom stereocenters. The van der Waals surface area contributed by atoms with E-state index in [2.05, 4.69) is 27.3 Å². The van der Waals surface area contributed by atoms with Crippen LogP contribution < -0.4 is 0 Å². The maximum Gasteiger partial charge on any atom is 0.333 e. The van der Waals surface area contributed by atoms with Crippen LogP contribution in [0.4, 0.5) is 0 Å². The average Bonchev–Trinajstić information content (AvgIpc) is 2.13. The van der Waals surface area contributed by atoms with Crippen molar-refractivity contribution in [2.24, 2.45) is 0 Å². The second-order valence-corrected chi connectivity index (χ2v) is 3.26. The fraction of sp³-hybridized carbons (Fsp3) is 0.667. The minimum absolute atomic E-state index is 0.186. The predicted molar refractivity (Wildman–Crippen MR) is 59.8 cm³/mol. The minimum atomic E-state index is -0.356. The third-order valence-corrected chi connectivity index (χ3v) is 2.37. The van der Waals surface area contributed by atoms with Gasteiger partial charge in [0.05, 0.1) is 18.9 Å². The van der Waals surface area contributed by atoms with Crippen molar-refractivity contribution in [3.05, 3.63) is 12.3 Å². The highest BCUT2D eigenvalue weighted by Gasteiger charge is 2.01. The van der Waals surface area contributed by atoms with E-state index < -0.39 is 0 Å². The van der Waals surface area contributed by atoms with Crippen LogP contribution >= 0.6 is 22.6 Å². The van der Waals surface area contributed by atoms with E-state index in [1.54, 1.807) is 6.92 Å². The fourth-order valence-corrected chi connectivity index (χ4v) is 1.47. The minimum Gasteiger partial charge on any atom is -0.497 e. The molecule has 0 heterocycles. The van der Waals surface area contributed by atoms with Gasteiger partial charge in [-0.1, -0.05) is 29.5 Å². The topological polar surface area (TPSA) is 35.5 Å². The standard InChI is InChI=1S/C9H15IO3/c1-3-8(7-10)13-6-5-9(11)12-4-2/h5-6,8H,3-4,7H2,1-2H3/b6-5+. The molecule has 1 atom stereocenters. The van der Waals surface area contributed by atoms with Crippen molar-refractivity contribution in [2.75, 3.05) is 11.0 Å². The van der Waals surface area contributed by atoms with Crippen molar-refractivity contribution in [3.8, 4) is 0 Å². The van der Waals surface area contributed by atoms with E-state index in [-0.39, 0.29) is 12.1 Å². The van der Waals surface area contributed by atoms with Crippen molar-refractivity contribution < 1.29 is 14.3 Å². The molecule has 0 amide bonds. The summed E-state index contributed by atoms with van der Waals surface area (Å²) in [5.41, 5.74) is 0. The van der Waals surface area contributed by atoms with Gasteiger partial charge in [-0.2, -0.15) is 0 Å². The zero-order valence-electron chi connectivity index (χ0n) is 7.96. The Labute approximate surface area is 92.6 Å². The Bertz CT molecular complexity index is 164. The van der Waals surface area contributed by atoms with E-state index in [4.69, 9.17) is 4.74 Å². The van der Waals surface area contributed by atoms with Crippen LogP contribution in [0.5, 0.6) is 0 Å². The second-order valence-electron chi connectivity index (χ2n) is 2.38. The highest BCUT2D eigenvalue weighted by Crippen LogP contribution is 2.02. The first-order valence-corrected chi connectivity index (χ1v) is 5.81. The Morgan fingerprint density at radius 1 is 1.54 bits per heavy atom. The molecule has 0 radical (unpaired) electrons. The summed E-state index contributed by atoms with van der Waals surface area (Å²) < 4.78 is 10.9. The van der Waals surface area contributed by atoms with Crippen LogP contribution in [0.15, 0.2) is 12.3 Å². The van der Waals surface area contributed by atoms with E-state index in [9.17, 15) is 4.79 Å². The summed E-state index contributed by atoms with van der Waals surface area (Å²) in [5, 5.41) is 0. The van der Waals surface area contributed by atoms with Gasteiger partial charge in [-0.25, -0.2) is 4.79 Å². The summed E-state index contributed by atoms with van der Waals surface area (Å²) in [6.07, 6.45) is 3.84. The summed E-state index contributed by atoms with van der Waals surface area (Å²) in [6, 6.07) is 0. The maximum absolute atomic E-state index is 10.8. The van der Waals surface area contributed by atoms with Crippen LogP contribution in [0.25, 0.3) is 0 Å². The molecular formula is C9H15IO3. The maximum atomic E-state index is 10.8. The Kier molecular flexibility index (Phi) is 8.18. The molecule has 0 rings (SSSR count). The quantitative estimate of drug-likeness (QED) is 0.248. The Morgan fingerprint density at radius 2 is 2.23 bits per heavy atom. The van der Waals surface area contributed by atoms with Gasteiger partial charge >= 0.3 is 5.97 Å². The van der Waals surface area contributed by atoms with E-state index in [1.165, 1.54) is 12.3 Å². The van der Waals surface area contributed by atoms with Crippen LogP contribution in [0.3, 0.4) is 0 Å². The molecule has 0 aliphatic rings. The number of ether oxygens (including phenoxy) is 2. The number of esters is 1. The largest absolute Gasteiger partial charge is 0.497 e. The van der Waals surface area contributed by atoms with Crippen LogP contribution in [0.1, 0.15) is 20.3 Å². The lowest BCUT2D eigenvalue weighted by molar-refractivity contribution is -0.137. The Balaban J connectivity index is 3.66. The summed E-state index contributed by atoms with van der Waals surface area (Å²) in [7, 11) is 0.